The van der Waals surface area contributed by atoms with Gasteiger partial charge < -0.3 is 29.0 Å². The average molecular weight is 436 g/mol. The predicted octanol–water partition coefficient (Wildman–Crippen LogP) is 2.91. The molecule has 2 aromatic heterocycles. The fourth-order valence-corrected chi connectivity index (χ4v) is 3.52. The van der Waals surface area contributed by atoms with Crippen molar-refractivity contribution in [3.8, 4) is 11.5 Å². The van der Waals surface area contributed by atoms with Gasteiger partial charge in [0.05, 0.1) is 32.4 Å². The van der Waals surface area contributed by atoms with Gasteiger partial charge in [-0.05, 0) is 42.5 Å². The highest BCUT2D eigenvalue weighted by Crippen LogP contribution is 2.28. The molecule has 0 saturated carbocycles. The highest BCUT2D eigenvalue weighted by atomic mass is 16.5. The second-order valence-electron chi connectivity index (χ2n) is 7.19. The molecule has 3 aromatic rings. The van der Waals surface area contributed by atoms with Crippen LogP contribution in [-0.4, -0.2) is 62.1 Å². The Morgan fingerprint density at radius 1 is 1.00 bits per heavy atom. The topological polar surface area (TPSA) is 97.1 Å². The lowest BCUT2D eigenvalue weighted by atomic mass is 10.2. The molecule has 0 bridgehead atoms. The standard InChI is InChI=1S/C23H24N4O5/c1-30-18-7-5-16(14-20(18)31-2)22(28)25-17-6-8-21(24-15-17)26-9-11-27(12-10-26)23(29)19-4-3-13-32-19/h3-8,13-15H,9-12H2,1-2H3,(H,25,28). The Kier molecular flexibility index (Phi) is 6.25. The number of amides is 2. The van der Waals surface area contributed by atoms with Gasteiger partial charge >= 0.3 is 0 Å². The van der Waals surface area contributed by atoms with E-state index >= 15 is 0 Å². The number of piperazine rings is 1. The minimum absolute atomic E-state index is 0.101. The highest BCUT2D eigenvalue weighted by Gasteiger charge is 2.24. The van der Waals surface area contributed by atoms with Crippen molar-refractivity contribution in [2.45, 2.75) is 0 Å². The molecule has 2 amide bonds. The van der Waals surface area contributed by atoms with Crippen LogP contribution < -0.4 is 19.7 Å². The maximum atomic E-state index is 12.6. The molecular formula is C23H24N4O5. The van der Waals surface area contributed by atoms with Crippen LogP contribution in [0.4, 0.5) is 11.5 Å². The molecule has 1 N–H and O–H groups in total. The number of carbonyl (C=O) groups excluding carboxylic acids is 2. The molecule has 1 aliphatic rings. The summed E-state index contributed by atoms with van der Waals surface area (Å²) in [6, 6.07) is 12.0. The van der Waals surface area contributed by atoms with E-state index in [4.69, 9.17) is 13.9 Å². The van der Waals surface area contributed by atoms with E-state index in [-0.39, 0.29) is 11.8 Å². The number of carbonyl (C=O) groups is 2. The Morgan fingerprint density at radius 2 is 1.78 bits per heavy atom. The fraction of sp³-hybridized carbons (Fsp3) is 0.261. The molecule has 32 heavy (non-hydrogen) atoms. The Labute approximate surface area is 185 Å². The van der Waals surface area contributed by atoms with Gasteiger partial charge in [-0.3, -0.25) is 9.59 Å². The summed E-state index contributed by atoms with van der Waals surface area (Å²) in [6.45, 7) is 2.49. The largest absolute Gasteiger partial charge is 0.493 e. The molecule has 9 heteroatoms. The van der Waals surface area contributed by atoms with Crippen LogP contribution in [0.15, 0.2) is 59.3 Å². The van der Waals surface area contributed by atoms with Crippen molar-refractivity contribution in [1.82, 2.24) is 9.88 Å². The zero-order valence-electron chi connectivity index (χ0n) is 17.9. The number of hydrogen-bond acceptors (Lipinski definition) is 7. The maximum Gasteiger partial charge on any atom is 0.289 e. The number of nitrogens with zero attached hydrogens (tertiary/aromatic N) is 3. The second-order valence-corrected chi connectivity index (χ2v) is 7.19. The van der Waals surface area contributed by atoms with Gasteiger partial charge in [-0.2, -0.15) is 0 Å². The number of aromatic nitrogens is 1. The van der Waals surface area contributed by atoms with Crippen molar-refractivity contribution in [2.24, 2.45) is 0 Å². The first-order chi connectivity index (χ1) is 15.6. The normalized spacial score (nSPS) is 13.6. The maximum absolute atomic E-state index is 12.6. The third-order valence-corrected chi connectivity index (χ3v) is 5.27. The van der Waals surface area contributed by atoms with Crippen molar-refractivity contribution < 1.29 is 23.5 Å². The summed E-state index contributed by atoms with van der Waals surface area (Å²) in [5.74, 6) is 1.81. The number of nitrogens with one attached hydrogen (secondary N) is 1. The molecule has 9 nitrogen and oxygen atoms in total. The van der Waals surface area contributed by atoms with Gasteiger partial charge in [0.2, 0.25) is 0 Å². The van der Waals surface area contributed by atoms with Crippen LogP contribution >= 0.6 is 0 Å². The zero-order valence-corrected chi connectivity index (χ0v) is 17.9. The van der Waals surface area contributed by atoms with Gasteiger partial charge in [0, 0.05) is 31.7 Å². The predicted molar refractivity (Wildman–Crippen MR) is 119 cm³/mol. The van der Waals surface area contributed by atoms with E-state index in [1.165, 1.54) is 13.4 Å². The number of pyridine rings is 1. The van der Waals surface area contributed by atoms with Crippen LogP contribution in [0, 0.1) is 0 Å². The van der Waals surface area contributed by atoms with E-state index in [2.05, 4.69) is 15.2 Å². The summed E-state index contributed by atoms with van der Waals surface area (Å²) in [4.78, 5) is 33.3. The minimum atomic E-state index is -0.273. The lowest BCUT2D eigenvalue weighted by Gasteiger charge is -2.35. The number of rotatable bonds is 6. The highest BCUT2D eigenvalue weighted by molar-refractivity contribution is 6.04. The Morgan fingerprint density at radius 3 is 2.41 bits per heavy atom. The second kappa shape index (κ2) is 9.42. The van der Waals surface area contributed by atoms with Crippen molar-refractivity contribution in [2.75, 3.05) is 50.6 Å². The van der Waals surface area contributed by atoms with Crippen LogP contribution in [0.2, 0.25) is 0 Å². The Bertz CT molecular complexity index is 1070. The van der Waals surface area contributed by atoms with Crippen molar-refractivity contribution in [3.05, 3.63) is 66.2 Å². The first-order valence-corrected chi connectivity index (χ1v) is 10.2. The van der Waals surface area contributed by atoms with Crippen LogP contribution in [0.1, 0.15) is 20.9 Å². The first kappa shape index (κ1) is 21.2. The van der Waals surface area contributed by atoms with Crippen molar-refractivity contribution in [3.63, 3.8) is 0 Å². The summed E-state index contributed by atoms with van der Waals surface area (Å²) >= 11 is 0. The van der Waals surface area contributed by atoms with Crippen LogP contribution in [0.25, 0.3) is 0 Å². The van der Waals surface area contributed by atoms with Gasteiger partial charge in [-0.1, -0.05) is 0 Å². The monoisotopic (exact) mass is 436 g/mol. The van der Waals surface area contributed by atoms with Gasteiger partial charge in [0.15, 0.2) is 17.3 Å². The number of benzene rings is 1. The average Bonchev–Trinajstić information content (AvgIpc) is 3.39. The SMILES string of the molecule is COc1ccc(C(=O)Nc2ccc(N3CCN(C(=O)c4ccco4)CC3)nc2)cc1OC. The summed E-state index contributed by atoms with van der Waals surface area (Å²) in [5.41, 5.74) is 1.03. The van der Waals surface area contributed by atoms with E-state index in [0.717, 1.165) is 5.82 Å². The molecule has 1 aromatic carbocycles. The van der Waals surface area contributed by atoms with E-state index in [1.807, 2.05) is 6.07 Å². The van der Waals surface area contributed by atoms with Crippen molar-refractivity contribution >= 4 is 23.3 Å². The molecular weight excluding hydrogens is 412 g/mol. The van der Waals surface area contributed by atoms with E-state index in [9.17, 15) is 9.59 Å². The molecule has 0 spiro atoms. The number of methoxy groups -OCH3 is 2. The number of hydrogen-bond donors (Lipinski definition) is 1. The van der Waals surface area contributed by atoms with Crippen LogP contribution in [-0.2, 0) is 0 Å². The molecule has 1 aliphatic heterocycles. The first-order valence-electron chi connectivity index (χ1n) is 10.2. The summed E-state index contributed by atoms with van der Waals surface area (Å²) in [5, 5.41) is 2.84. The third kappa shape index (κ3) is 4.51. The van der Waals surface area contributed by atoms with Gasteiger partial charge in [0.1, 0.15) is 5.82 Å². The summed E-state index contributed by atoms with van der Waals surface area (Å²) in [6.07, 6.45) is 3.12. The summed E-state index contributed by atoms with van der Waals surface area (Å²) < 4.78 is 15.6. The summed E-state index contributed by atoms with van der Waals surface area (Å²) in [7, 11) is 3.07. The Hall–Kier alpha value is -4.01. The molecule has 1 saturated heterocycles. The van der Waals surface area contributed by atoms with Crippen LogP contribution in [0.5, 0.6) is 11.5 Å². The molecule has 1 fully saturated rings. The van der Waals surface area contributed by atoms with E-state index in [1.54, 1.807) is 54.6 Å². The quantitative estimate of drug-likeness (QED) is 0.635. The third-order valence-electron chi connectivity index (χ3n) is 5.27. The van der Waals surface area contributed by atoms with Crippen molar-refractivity contribution in [1.29, 1.82) is 0 Å². The molecule has 0 radical (unpaired) electrons. The molecule has 166 valence electrons. The molecule has 0 aliphatic carbocycles. The molecule has 0 atom stereocenters. The lowest BCUT2D eigenvalue weighted by molar-refractivity contribution is 0.0714. The Balaban J connectivity index is 1.34. The smallest absolute Gasteiger partial charge is 0.289 e. The minimum Gasteiger partial charge on any atom is -0.493 e. The van der Waals surface area contributed by atoms with Gasteiger partial charge in [-0.25, -0.2) is 4.98 Å². The molecule has 4 rings (SSSR count). The fourth-order valence-electron chi connectivity index (χ4n) is 3.52. The van der Waals surface area contributed by atoms with Gasteiger partial charge in [0.25, 0.3) is 11.8 Å². The zero-order chi connectivity index (χ0) is 22.5. The molecule has 3 heterocycles. The van der Waals surface area contributed by atoms with E-state index in [0.29, 0.717) is 54.7 Å². The number of anilines is 2. The lowest BCUT2D eigenvalue weighted by Crippen LogP contribution is -2.49. The van der Waals surface area contributed by atoms with Crippen LogP contribution in [0.3, 0.4) is 0 Å². The van der Waals surface area contributed by atoms with Gasteiger partial charge in [-0.15, -0.1) is 0 Å². The molecule has 0 unspecified atom stereocenters. The van der Waals surface area contributed by atoms with E-state index < -0.39 is 0 Å². The number of furan rings is 1. The number of ether oxygens (including phenoxy) is 2.